The minimum atomic E-state index is -0.486. The molecule has 15 rings (SSSR count). The van der Waals surface area contributed by atoms with Crippen molar-refractivity contribution >= 4 is 69.7 Å². The second-order valence-electron chi connectivity index (χ2n) is 18.3. The van der Waals surface area contributed by atoms with Crippen LogP contribution in [0.5, 0.6) is 0 Å². The van der Waals surface area contributed by atoms with Crippen molar-refractivity contribution in [2.24, 2.45) is 0 Å². The number of rotatable bonds is 1. The second kappa shape index (κ2) is 11.1. The number of fused-ring (bicyclic) bond motifs is 18. The van der Waals surface area contributed by atoms with Crippen LogP contribution in [0.3, 0.4) is 0 Å². The summed E-state index contributed by atoms with van der Waals surface area (Å²) in [5.41, 5.74) is 23.7. The Hall–Kier alpha value is -6.94. The van der Waals surface area contributed by atoms with Crippen LogP contribution in [0.4, 0.5) is 17.1 Å². The topological polar surface area (TPSA) is 16.4 Å². The Morgan fingerprint density at radius 1 is 0.443 bits per heavy atom. The largest absolute Gasteiger partial charge is 0.453 e. The Morgan fingerprint density at radius 2 is 1.10 bits per heavy atom. The third-order valence-electron chi connectivity index (χ3n) is 15.3. The lowest BCUT2D eigenvalue weighted by Crippen LogP contribution is -2.32. The number of para-hydroxylation sites is 2. The summed E-state index contributed by atoms with van der Waals surface area (Å²) in [6.07, 6.45) is 2.18. The van der Waals surface area contributed by atoms with E-state index < -0.39 is 5.41 Å². The first-order valence-corrected chi connectivity index (χ1v) is 22.7. The Kier molecular flexibility index (Phi) is 5.95. The molecule has 9 aromatic carbocycles. The normalized spacial score (nSPS) is 16.1. The minimum absolute atomic E-state index is 0.200. The standard InChI is InChI=1S/C58H37NOSi/c1-57(2)43-18-8-9-19-47(43)59(49-31-51-40(30-46(49)57)36-14-5-10-21-50(36)61-51)48-20-11-15-37-38-27-29-45-54(56(38)60-55(37)48)39-26-24-32-22-23-33-25-28-44(53(39)52(32)33)58(45)41-16-6-3-12-34(41)35-13-4-7-17-42(35)58/h3-21,24-31H,22-23H2,1-2H3. The Balaban J connectivity index is 1.05. The molecule has 3 heteroatoms. The fraction of sp³-hybridized carbons (Fsp3) is 0.103. The van der Waals surface area contributed by atoms with Gasteiger partial charge in [-0.1, -0.05) is 159 Å². The molecule has 2 radical (unpaired) electrons. The zero-order valence-electron chi connectivity index (χ0n) is 33.9. The molecule has 0 fully saturated rings. The minimum Gasteiger partial charge on any atom is -0.453 e. The first kappa shape index (κ1) is 32.9. The van der Waals surface area contributed by atoms with Crippen molar-refractivity contribution in [3.05, 3.63) is 208 Å². The lowest BCUT2D eigenvalue weighted by Gasteiger charge is -2.42. The number of aryl methyl sites for hydroxylation is 2. The molecular weight excluding hydrogens is 755 g/mol. The van der Waals surface area contributed by atoms with Crippen molar-refractivity contribution in [2.75, 3.05) is 4.90 Å². The molecule has 10 aromatic rings. The SMILES string of the molecule is CC1(C)c2ccccc2N(c2cccc3c2oc2c4c(ccc23)C2(c3ccccc3-c3ccccc32)c2ccc3c5c(ccc-4c25)CC3)c2cc3c(cc21)-c1ccccc1[Si]3. The summed E-state index contributed by atoms with van der Waals surface area (Å²) in [6.45, 7) is 4.79. The summed E-state index contributed by atoms with van der Waals surface area (Å²) < 4.78 is 7.62. The van der Waals surface area contributed by atoms with Crippen LogP contribution >= 0.6 is 0 Å². The van der Waals surface area contributed by atoms with Gasteiger partial charge in [-0.25, -0.2) is 0 Å². The van der Waals surface area contributed by atoms with Gasteiger partial charge in [0.05, 0.1) is 22.5 Å². The van der Waals surface area contributed by atoms with E-state index in [1.54, 1.807) is 0 Å². The van der Waals surface area contributed by atoms with Crippen LogP contribution in [0.2, 0.25) is 0 Å². The van der Waals surface area contributed by atoms with Crippen LogP contribution in [0, 0.1) is 0 Å². The van der Waals surface area contributed by atoms with Crippen LogP contribution in [-0.4, -0.2) is 9.52 Å². The monoisotopic (exact) mass is 791 g/mol. The fourth-order valence-corrected chi connectivity index (χ4v) is 14.1. The van der Waals surface area contributed by atoms with Gasteiger partial charge in [0.1, 0.15) is 15.1 Å². The third kappa shape index (κ3) is 3.79. The average molecular weight is 792 g/mol. The van der Waals surface area contributed by atoms with Gasteiger partial charge in [0.15, 0.2) is 5.58 Å². The van der Waals surface area contributed by atoms with Gasteiger partial charge in [-0.05, 0) is 125 Å². The predicted molar refractivity (Wildman–Crippen MR) is 252 cm³/mol. The molecule has 0 amide bonds. The predicted octanol–water partition coefficient (Wildman–Crippen LogP) is 12.9. The van der Waals surface area contributed by atoms with E-state index in [4.69, 9.17) is 4.42 Å². The number of hydrogen-bond acceptors (Lipinski definition) is 2. The second-order valence-corrected chi connectivity index (χ2v) is 19.6. The van der Waals surface area contributed by atoms with Crippen molar-refractivity contribution in [3.8, 4) is 33.4 Å². The summed E-state index contributed by atoms with van der Waals surface area (Å²) in [5.74, 6) is 0. The number of anilines is 3. The number of benzene rings is 9. The zero-order valence-corrected chi connectivity index (χ0v) is 34.9. The van der Waals surface area contributed by atoms with E-state index in [-0.39, 0.29) is 5.41 Å². The first-order valence-electron chi connectivity index (χ1n) is 21.7. The molecule has 1 spiro atoms. The molecule has 61 heavy (non-hydrogen) atoms. The molecule has 5 aliphatic rings. The third-order valence-corrected chi connectivity index (χ3v) is 16.7. The van der Waals surface area contributed by atoms with Crippen molar-refractivity contribution in [3.63, 3.8) is 0 Å². The maximum atomic E-state index is 7.62. The summed E-state index contributed by atoms with van der Waals surface area (Å²) >= 11 is 0. The van der Waals surface area contributed by atoms with Gasteiger partial charge in [0.2, 0.25) is 0 Å². The lowest BCUT2D eigenvalue weighted by atomic mass is 9.61. The number of nitrogens with zero attached hydrogens (tertiary/aromatic N) is 1. The molecule has 0 saturated heterocycles. The smallest absolute Gasteiger partial charge is 0.159 e. The molecule has 284 valence electrons. The van der Waals surface area contributed by atoms with Gasteiger partial charge in [0.25, 0.3) is 0 Å². The molecular formula is C58H37NOSi. The first-order chi connectivity index (χ1) is 30.0. The highest BCUT2D eigenvalue weighted by Gasteiger charge is 2.51. The van der Waals surface area contributed by atoms with Gasteiger partial charge in [-0.3, -0.25) is 0 Å². The van der Waals surface area contributed by atoms with Crippen molar-refractivity contribution in [2.45, 2.75) is 37.5 Å². The lowest BCUT2D eigenvalue weighted by molar-refractivity contribution is 0.631. The summed E-state index contributed by atoms with van der Waals surface area (Å²) in [4.78, 5) is 2.52. The highest BCUT2D eigenvalue weighted by atomic mass is 28.2. The fourth-order valence-electron chi connectivity index (χ4n) is 12.7. The van der Waals surface area contributed by atoms with Crippen LogP contribution in [0.15, 0.2) is 168 Å². The van der Waals surface area contributed by atoms with E-state index in [0.29, 0.717) is 9.52 Å². The molecule has 0 saturated carbocycles. The van der Waals surface area contributed by atoms with E-state index >= 15 is 0 Å². The van der Waals surface area contributed by atoms with Crippen LogP contribution in [-0.2, 0) is 23.7 Å². The van der Waals surface area contributed by atoms with Crippen LogP contribution in [0.25, 0.3) is 66.1 Å². The molecule has 1 aromatic heterocycles. The Bertz CT molecular complexity index is 3620. The van der Waals surface area contributed by atoms with E-state index in [0.717, 1.165) is 40.5 Å². The van der Waals surface area contributed by atoms with Gasteiger partial charge < -0.3 is 9.32 Å². The molecule has 0 bridgehead atoms. The molecule has 2 nitrogen and oxygen atoms in total. The molecule has 3 aliphatic carbocycles. The molecule has 3 heterocycles. The molecule has 0 unspecified atom stereocenters. The highest BCUT2D eigenvalue weighted by molar-refractivity contribution is 6.73. The Labute approximate surface area is 356 Å². The van der Waals surface area contributed by atoms with E-state index in [1.807, 2.05) is 0 Å². The maximum absolute atomic E-state index is 7.62. The van der Waals surface area contributed by atoms with Crippen LogP contribution < -0.4 is 15.3 Å². The summed E-state index contributed by atoms with van der Waals surface area (Å²) in [6, 6.07) is 62.6. The van der Waals surface area contributed by atoms with E-state index in [1.165, 1.54) is 110 Å². The molecule has 0 atom stereocenters. The van der Waals surface area contributed by atoms with E-state index in [9.17, 15) is 0 Å². The highest BCUT2D eigenvalue weighted by Crippen LogP contribution is 2.64. The van der Waals surface area contributed by atoms with Crippen LogP contribution in [0.1, 0.15) is 58.4 Å². The van der Waals surface area contributed by atoms with Gasteiger partial charge in [0, 0.05) is 21.8 Å². The summed E-state index contributed by atoms with van der Waals surface area (Å²) in [7, 11) is 0.632. The van der Waals surface area contributed by atoms with Gasteiger partial charge >= 0.3 is 0 Å². The van der Waals surface area contributed by atoms with Crippen molar-refractivity contribution < 1.29 is 4.42 Å². The molecule has 2 aliphatic heterocycles. The molecule has 0 N–H and O–H groups in total. The number of hydrogen-bond donors (Lipinski definition) is 0. The van der Waals surface area contributed by atoms with Crippen molar-refractivity contribution in [1.29, 1.82) is 0 Å². The number of furan rings is 1. The van der Waals surface area contributed by atoms with Gasteiger partial charge in [-0.15, -0.1) is 0 Å². The van der Waals surface area contributed by atoms with E-state index in [2.05, 4.69) is 183 Å². The zero-order chi connectivity index (χ0) is 39.9. The average Bonchev–Trinajstić information content (AvgIpc) is 4.07. The van der Waals surface area contributed by atoms with Crippen molar-refractivity contribution in [1.82, 2.24) is 0 Å². The quantitative estimate of drug-likeness (QED) is 0.154. The Morgan fingerprint density at radius 3 is 1.90 bits per heavy atom. The maximum Gasteiger partial charge on any atom is 0.159 e. The van der Waals surface area contributed by atoms with Gasteiger partial charge in [-0.2, -0.15) is 0 Å². The summed E-state index contributed by atoms with van der Waals surface area (Å²) in [5, 5.41) is 8.01.